The van der Waals surface area contributed by atoms with Crippen molar-refractivity contribution in [3.05, 3.63) is 108 Å². The van der Waals surface area contributed by atoms with Crippen LogP contribution in [-0.4, -0.2) is 51.1 Å². The van der Waals surface area contributed by atoms with Crippen LogP contribution in [0.2, 0.25) is 0 Å². The Kier molecular flexibility index (Phi) is 7.83. The number of benzene rings is 3. The number of hydrogen-bond acceptors (Lipinski definition) is 5. The zero-order valence-corrected chi connectivity index (χ0v) is 21.9. The van der Waals surface area contributed by atoms with Crippen LogP contribution >= 0.6 is 0 Å². The molecule has 2 aliphatic heterocycles. The number of aromatic nitrogens is 3. The maximum Gasteiger partial charge on any atom is 0.113 e. The lowest BCUT2D eigenvalue weighted by Gasteiger charge is -2.45. The van der Waals surface area contributed by atoms with Crippen molar-refractivity contribution in [1.82, 2.24) is 15.0 Å². The molecule has 2 saturated heterocycles. The average molecular weight is 520 g/mol. The Hall–Kier alpha value is -3.76. The Labute approximate surface area is 229 Å². The van der Waals surface area contributed by atoms with Gasteiger partial charge in [-0.1, -0.05) is 77.7 Å². The van der Waals surface area contributed by atoms with Crippen LogP contribution in [0.5, 0.6) is 0 Å². The molecule has 39 heavy (non-hydrogen) atoms. The monoisotopic (exact) mass is 519 g/mol. The molecule has 0 bridgehead atoms. The lowest BCUT2D eigenvalue weighted by atomic mass is 9.88. The van der Waals surface area contributed by atoms with Gasteiger partial charge in [0.2, 0.25) is 0 Å². The van der Waals surface area contributed by atoms with Crippen molar-refractivity contribution in [2.24, 2.45) is 0 Å². The maximum atomic E-state index is 9.67. The van der Waals surface area contributed by atoms with Crippen molar-refractivity contribution in [2.45, 2.75) is 62.6 Å². The van der Waals surface area contributed by atoms with Crippen LogP contribution in [0.4, 0.5) is 0 Å². The van der Waals surface area contributed by atoms with Crippen LogP contribution in [0, 0.1) is 11.8 Å². The highest BCUT2D eigenvalue weighted by Crippen LogP contribution is 2.38. The predicted octanol–water partition coefficient (Wildman–Crippen LogP) is 5.22. The van der Waals surface area contributed by atoms with E-state index in [1.54, 1.807) is 0 Å². The molecule has 2 fully saturated rings. The molecular weight excluding hydrogens is 486 g/mol. The zero-order chi connectivity index (χ0) is 26.4. The van der Waals surface area contributed by atoms with Gasteiger partial charge in [0.05, 0.1) is 43.3 Å². The lowest BCUT2D eigenvalue weighted by molar-refractivity contribution is -0.209. The molecule has 0 amide bonds. The van der Waals surface area contributed by atoms with Gasteiger partial charge < -0.3 is 14.6 Å². The van der Waals surface area contributed by atoms with Crippen LogP contribution in [-0.2, 0) is 15.9 Å². The second-order valence-electron chi connectivity index (χ2n) is 10.4. The summed E-state index contributed by atoms with van der Waals surface area (Å²) in [5.41, 5.74) is 5.17. The maximum absolute atomic E-state index is 9.67. The average Bonchev–Trinajstić information content (AvgIpc) is 3.50. The summed E-state index contributed by atoms with van der Waals surface area (Å²) in [7, 11) is 0. The summed E-state index contributed by atoms with van der Waals surface area (Å²) in [6.07, 6.45) is 6.15. The van der Waals surface area contributed by atoms with E-state index in [1.807, 2.05) is 71.5 Å². The first-order valence-electron chi connectivity index (χ1n) is 13.8. The Morgan fingerprint density at radius 1 is 0.821 bits per heavy atom. The number of rotatable bonds is 6. The molecule has 2 aliphatic rings. The standard InChI is InChI=1S/C33H33N3O3/c37-23-28-18-20-32-33(38-28)21-30(36-22-29(34-35-36)27-9-5-2-6-10-27)31(39-32)19-17-26-15-13-25(14-16-26)12-11-24-7-3-1-4-8-24/h1-10,13-16,22,28,30-33,37H,17-21,23H2/t28-,30+,31+,32-,33-/m0/s1. The topological polar surface area (TPSA) is 69.4 Å². The highest BCUT2D eigenvalue weighted by Gasteiger charge is 2.43. The van der Waals surface area contributed by atoms with E-state index in [1.165, 1.54) is 5.56 Å². The van der Waals surface area contributed by atoms with E-state index in [2.05, 4.69) is 46.4 Å². The van der Waals surface area contributed by atoms with Crippen molar-refractivity contribution in [3.8, 4) is 23.1 Å². The molecule has 0 spiro atoms. The molecule has 6 nitrogen and oxygen atoms in total. The Morgan fingerprint density at radius 3 is 2.28 bits per heavy atom. The second kappa shape index (κ2) is 12.0. The van der Waals surface area contributed by atoms with Gasteiger partial charge in [-0.2, -0.15) is 0 Å². The first-order valence-corrected chi connectivity index (χ1v) is 13.8. The highest BCUT2D eigenvalue weighted by atomic mass is 16.6. The van der Waals surface area contributed by atoms with Crippen LogP contribution in [0.1, 0.15) is 48.4 Å². The fourth-order valence-corrected chi connectivity index (χ4v) is 5.59. The quantitative estimate of drug-likeness (QED) is 0.354. The van der Waals surface area contributed by atoms with Gasteiger partial charge in [-0.3, -0.25) is 0 Å². The van der Waals surface area contributed by atoms with E-state index >= 15 is 0 Å². The van der Waals surface area contributed by atoms with Crippen LogP contribution in [0.25, 0.3) is 11.3 Å². The number of aliphatic hydroxyl groups excluding tert-OH is 1. The number of aryl methyl sites for hydroxylation is 1. The third-order valence-corrected chi connectivity index (χ3v) is 7.73. The molecule has 0 saturated carbocycles. The van der Waals surface area contributed by atoms with Gasteiger partial charge in [-0.15, -0.1) is 5.10 Å². The minimum atomic E-state index is -0.119. The Bertz CT molecular complexity index is 1410. The number of nitrogens with zero attached hydrogens (tertiary/aromatic N) is 3. The third-order valence-electron chi connectivity index (χ3n) is 7.73. The normalized spacial score (nSPS) is 24.4. The van der Waals surface area contributed by atoms with Gasteiger partial charge in [0, 0.05) is 23.1 Å². The SMILES string of the molecule is OC[C@@H]1CC[C@@H]2O[C@H](CCc3ccc(C#Cc4ccccc4)cc3)[C@H](n3cc(-c4ccccc4)nn3)C[C@@H]2O1. The van der Waals surface area contributed by atoms with E-state index in [4.69, 9.17) is 9.47 Å². The summed E-state index contributed by atoms with van der Waals surface area (Å²) < 4.78 is 14.8. The molecule has 1 N–H and O–H groups in total. The van der Waals surface area contributed by atoms with Gasteiger partial charge in [0.15, 0.2) is 0 Å². The van der Waals surface area contributed by atoms with Crippen molar-refractivity contribution in [3.63, 3.8) is 0 Å². The Morgan fingerprint density at radius 2 is 1.54 bits per heavy atom. The number of fused-ring (bicyclic) bond motifs is 1. The van der Waals surface area contributed by atoms with Crippen molar-refractivity contribution < 1.29 is 14.6 Å². The molecule has 1 aromatic heterocycles. The van der Waals surface area contributed by atoms with Gasteiger partial charge in [0.1, 0.15) is 5.69 Å². The minimum absolute atomic E-state index is 0.00432. The largest absolute Gasteiger partial charge is 0.394 e. The van der Waals surface area contributed by atoms with Gasteiger partial charge >= 0.3 is 0 Å². The van der Waals surface area contributed by atoms with Gasteiger partial charge in [-0.05, 0) is 55.5 Å². The molecule has 3 heterocycles. The minimum Gasteiger partial charge on any atom is -0.394 e. The fourth-order valence-electron chi connectivity index (χ4n) is 5.59. The third kappa shape index (κ3) is 6.12. The first kappa shape index (κ1) is 25.5. The molecular formula is C33H33N3O3. The van der Waals surface area contributed by atoms with Gasteiger partial charge in [-0.25, -0.2) is 4.68 Å². The molecule has 198 valence electrons. The molecule has 4 aromatic rings. The van der Waals surface area contributed by atoms with Crippen molar-refractivity contribution in [1.29, 1.82) is 0 Å². The Balaban J connectivity index is 1.17. The van der Waals surface area contributed by atoms with Crippen LogP contribution < -0.4 is 0 Å². The molecule has 5 atom stereocenters. The van der Waals surface area contributed by atoms with Gasteiger partial charge in [0.25, 0.3) is 0 Å². The summed E-state index contributed by atoms with van der Waals surface area (Å²) in [5.74, 6) is 6.47. The molecule has 6 rings (SSSR count). The first-order chi connectivity index (χ1) is 19.2. The van der Waals surface area contributed by atoms with E-state index in [9.17, 15) is 5.11 Å². The zero-order valence-electron chi connectivity index (χ0n) is 21.9. The molecule has 3 aromatic carbocycles. The summed E-state index contributed by atoms with van der Waals surface area (Å²) in [4.78, 5) is 0. The number of ether oxygens (including phenoxy) is 2. The summed E-state index contributed by atoms with van der Waals surface area (Å²) in [6, 6.07) is 28.7. The predicted molar refractivity (Wildman–Crippen MR) is 150 cm³/mol. The summed E-state index contributed by atoms with van der Waals surface area (Å²) in [6.45, 7) is 0.0461. The summed E-state index contributed by atoms with van der Waals surface area (Å²) >= 11 is 0. The second-order valence-corrected chi connectivity index (χ2v) is 10.4. The van der Waals surface area contributed by atoms with Crippen molar-refractivity contribution >= 4 is 0 Å². The number of aliphatic hydroxyl groups is 1. The molecule has 0 aliphatic carbocycles. The smallest absolute Gasteiger partial charge is 0.113 e. The van der Waals surface area contributed by atoms with Crippen LogP contribution in [0.3, 0.4) is 0 Å². The van der Waals surface area contributed by atoms with E-state index < -0.39 is 0 Å². The fraction of sp³-hybridized carbons (Fsp3) is 0.333. The number of hydrogen-bond donors (Lipinski definition) is 1. The van der Waals surface area contributed by atoms with Crippen LogP contribution in [0.15, 0.2) is 91.1 Å². The lowest BCUT2D eigenvalue weighted by Crippen LogP contribution is -2.51. The van der Waals surface area contributed by atoms with E-state index in [-0.39, 0.29) is 37.1 Å². The van der Waals surface area contributed by atoms with Crippen molar-refractivity contribution in [2.75, 3.05) is 6.61 Å². The van der Waals surface area contributed by atoms with E-state index in [0.29, 0.717) is 0 Å². The molecule has 6 heteroatoms. The van der Waals surface area contributed by atoms with E-state index in [0.717, 1.165) is 54.5 Å². The summed E-state index contributed by atoms with van der Waals surface area (Å²) in [5, 5.41) is 18.6. The highest BCUT2D eigenvalue weighted by molar-refractivity contribution is 5.57. The molecule has 0 unspecified atom stereocenters. The molecule has 0 radical (unpaired) electrons.